The van der Waals surface area contributed by atoms with Crippen LogP contribution in [0.15, 0.2) is 23.1 Å². The number of phenolic OH excluding ortho intramolecular Hbond substituents is 1. The van der Waals surface area contributed by atoms with Crippen LogP contribution in [-0.2, 0) is 0 Å². The van der Waals surface area contributed by atoms with Crippen molar-refractivity contribution < 1.29 is 9.90 Å². The van der Waals surface area contributed by atoms with Crippen molar-refractivity contribution in [1.29, 1.82) is 0 Å². The van der Waals surface area contributed by atoms with Gasteiger partial charge in [0.1, 0.15) is 5.75 Å². The van der Waals surface area contributed by atoms with Gasteiger partial charge in [0.2, 0.25) is 5.91 Å². The Bertz CT molecular complexity index is 303. The number of nitrogens with two attached hydrogens (primary N) is 1. The first-order valence-corrected chi connectivity index (χ1v) is 3.38. The van der Waals surface area contributed by atoms with E-state index < -0.39 is 5.91 Å². The smallest absolute Gasteiger partial charge is 0.248 e. The molecule has 3 nitrogen and oxygen atoms in total. The number of hydrogen-bond donors (Lipinski definition) is 3. The molecule has 0 aliphatic rings. The van der Waals surface area contributed by atoms with Gasteiger partial charge in [0, 0.05) is 40.0 Å². The molecular formula is C7H7NNaO2S. The first-order chi connectivity index (χ1) is 5.11. The Morgan fingerprint density at radius 3 is 2.50 bits per heavy atom. The number of benzene rings is 1. The summed E-state index contributed by atoms with van der Waals surface area (Å²) in [4.78, 5) is 11.0. The normalized spacial score (nSPS) is 8.75. The molecule has 0 heterocycles. The van der Waals surface area contributed by atoms with Crippen LogP contribution in [-0.4, -0.2) is 40.6 Å². The third-order valence-electron chi connectivity index (χ3n) is 1.26. The van der Waals surface area contributed by atoms with Crippen molar-refractivity contribution in [3.05, 3.63) is 23.8 Å². The van der Waals surface area contributed by atoms with Crippen LogP contribution in [0.3, 0.4) is 0 Å². The largest absolute Gasteiger partial charge is 0.507 e. The number of amides is 1. The van der Waals surface area contributed by atoms with Crippen LogP contribution in [0.25, 0.3) is 0 Å². The number of carbonyl (C=O) groups is 1. The molecule has 0 bridgehead atoms. The zero-order valence-corrected chi connectivity index (χ0v) is 9.51. The zero-order chi connectivity index (χ0) is 8.43. The maximum Gasteiger partial charge on any atom is 0.248 e. The van der Waals surface area contributed by atoms with E-state index in [2.05, 4.69) is 12.6 Å². The van der Waals surface area contributed by atoms with Gasteiger partial charge in [-0.1, -0.05) is 0 Å². The molecule has 0 aliphatic heterocycles. The fraction of sp³-hybridized carbons (Fsp3) is 0. The van der Waals surface area contributed by atoms with Crippen molar-refractivity contribution in [3.63, 3.8) is 0 Å². The van der Waals surface area contributed by atoms with Crippen LogP contribution in [0.5, 0.6) is 5.75 Å². The first-order valence-electron chi connectivity index (χ1n) is 2.93. The number of primary amides is 1. The summed E-state index contributed by atoms with van der Waals surface area (Å²) in [6.07, 6.45) is 0. The third kappa shape index (κ3) is 2.71. The van der Waals surface area contributed by atoms with Gasteiger partial charge in [-0.3, -0.25) is 4.79 Å². The molecular weight excluding hydrogens is 185 g/mol. The van der Waals surface area contributed by atoms with Gasteiger partial charge >= 0.3 is 0 Å². The second-order valence-corrected chi connectivity index (χ2v) is 2.55. The molecule has 1 radical (unpaired) electrons. The molecule has 0 aromatic heterocycles. The predicted octanol–water partition coefficient (Wildman–Crippen LogP) is 0.399. The van der Waals surface area contributed by atoms with E-state index in [1.54, 1.807) is 0 Å². The number of phenols is 1. The molecule has 0 aliphatic carbocycles. The van der Waals surface area contributed by atoms with Crippen molar-refractivity contribution in [1.82, 2.24) is 0 Å². The fourth-order valence-corrected chi connectivity index (χ4v) is 0.816. The molecule has 0 spiro atoms. The fourth-order valence-electron chi connectivity index (χ4n) is 0.677. The number of hydrogen-bond acceptors (Lipinski definition) is 3. The van der Waals surface area contributed by atoms with E-state index in [1.165, 1.54) is 18.2 Å². The van der Waals surface area contributed by atoms with Crippen LogP contribution in [0, 0.1) is 0 Å². The summed E-state index contributed by atoms with van der Waals surface area (Å²) in [5.74, 6) is -0.599. The number of thiol groups is 1. The van der Waals surface area contributed by atoms with E-state index in [0.29, 0.717) is 4.90 Å². The summed E-state index contributed by atoms with van der Waals surface area (Å²) in [6, 6.07) is 4.30. The van der Waals surface area contributed by atoms with Gasteiger partial charge in [0.05, 0.1) is 0 Å². The Labute approximate surface area is 97.7 Å². The van der Waals surface area contributed by atoms with E-state index in [0.717, 1.165) is 0 Å². The Morgan fingerprint density at radius 1 is 1.50 bits per heavy atom. The van der Waals surface area contributed by atoms with Gasteiger partial charge in [-0.05, 0) is 18.2 Å². The van der Waals surface area contributed by atoms with Crippen LogP contribution >= 0.6 is 12.6 Å². The predicted molar refractivity (Wildman–Crippen MR) is 49.6 cm³/mol. The minimum Gasteiger partial charge on any atom is -0.507 e. The van der Waals surface area contributed by atoms with Crippen molar-refractivity contribution in [2.45, 2.75) is 4.90 Å². The van der Waals surface area contributed by atoms with Crippen LogP contribution in [0.2, 0.25) is 0 Å². The summed E-state index contributed by atoms with van der Waals surface area (Å²) >= 11 is 3.91. The standard InChI is InChI=1S/C7H7NO2S.Na/c8-7(10)4-1-2-6(11)5(9)3-4;/h1-3,9,11H,(H2,8,10);. The van der Waals surface area contributed by atoms with Crippen LogP contribution in [0.1, 0.15) is 10.4 Å². The molecule has 5 heteroatoms. The van der Waals surface area contributed by atoms with Gasteiger partial charge in [0.25, 0.3) is 0 Å². The average Bonchev–Trinajstić information content (AvgIpc) is 1.94. The van der Waals surface area contributed by atoms with Gasteiger partial charge < -0.3 is 10.8 Å². The molecule has 0 saturated carbocycles. The molecule has 12 heavy (non-hydrogen) atoms. The van der Waals surface area contributed by atoms with Crippen molar-refractivity contribution in [2.24, 2.45) is 5.73 Å². The first kappa shape index (κ1) is 11.8. The summed E-state index contributed by atoms with van der Waals surface area (Å²) in [5.41, 5.74) is 5.24. The molecule has 3 N–H and O–H groups in total. The number of aromatic hydroxyl groups is 1. The van der Waals surface area contributed by atoms with Gasteiger partial charge in [-0.25, -0.2) is 0 Å². The monoisotopic (exact) mass is 192 g/mol. The second kappa shape index (κ2) is 4.77. The third-order valence-corrected chi connectivity index (χ3v) is 1.64. The minimum atomic E-state index is -0.561. The average molecular weight is 192 g/mol. The van der Waals surface area contributed by atoms with Crippen molar-refractivity contribution in [2.75, 3.05) is 0 Å². The Kier molecular flexibility index (Phi) is 4.70. The summed E-state index contributed by atoms with van der Waals surface area (Å²) in [6.45, 7) is 0. The topological polar surface area (TPSA) is 63.3 Å². The van der Waals surface area contributed by atoms with E-state index >= 15 is 0 Å². The molecule has 0 atom stereocenters. The maximum atomic E-state index is 10.6. The molecule has 0 saturated heterocycles. The van der Waals surface area contributed by atoms with Crippen LogP contribution in [0.4, 0.5) is 0 Å². The summed E-state index contributed by atoms with van der Waals surface area (Å²) < 4.78 is 0. The Balaban J connectivity index is 0.00000121. The summed E-state index contributed by atoms with van der Waals surface area (Å²) in [5, 5.41) is 9.06. The zero-order valence-electron chi connectivity index (χ0n) is 6.61. The van der Waals surface area contributed by atoms with E-state index in [1.807, 2.05) is 0 Å². The summed E-state index contributed by atoms with van der Waals surface area (Å²) in [7, 11) is 0. The van der Waals surface area contributed by atoms with Crippen LogP contribution < -0.4 is 5.73 Å². The molecule has 1 amide bonds. The number of carbonyl (C=O) groups excluding carboxylic acids is 1. The van der Waals surface area contributed by atoms with E-state index in [4.69, 9.17) is 10.8 Å². The van der Waals surface area contributed by atoms with Gasteiger partial charge in [-0.2, -0.15) is 0 Å². The van der Waals surface area contributed by atoms with Gasteiger partial charge in [-0.15, -0.1) is 12.6 Å². The SMILES string of the molecule is NC(=O)c1ccc(S)c(O)c1.[Na]. The molecule has 1 rings (SSSR count). The second-order valence-electron chi connectivity index (χ2n) is 2.07. The molecule has 1 aromatic carbocycles. The molecule has 1 aromatic rings. The molecule has 59 valence electrons. The van der Waals surface area contributed by atoms with Crippen molar-refractivity contribution >= 4 is 48.1 Å². The number of rotatable bonds is 1. The Morgan fingerprint density at radius 2 is 2.08 bits per heavy atom. The quantitative estimate of drug-likeness (QED) is 0.445. The maximum absolute atomic E-state index is 10.6. The van der Waals surface area contributed by atoms with E-state index in [-0.39, 0.29) is 40.9 Å². The molecule has 0 fully saturated rings. The molecule has 0 unspecified atom stereocenters. The van der Waals surface area contributed by atoms with Crippen molar-refractivity contribution in [3.8, 4) is 5.75 Å². The van der Waals surface area contributed by atoms with E-state index in [9.17, 15) is 4.79 Å². The van der Waals surface area contributed by atoms with Gasteiger partial charge in [0.15, 0.2) is 0 Å². The minimum absolute atomic E-state index is 0. The Hall–Kier alpha value is -0.160.